The summed E-state index contributed by atoms with van der Waals surface area (Å²) in [6, 6.07) is 5.82. The summed E-state index contributed by atoms with van der Waals surface area (Å²) in [4.78, 5) is 11.7. The maximum Gasteiger partial charge on any atom is 0.257 e. The quantitative estimate of drug-likeness (QED) is 0.393. The first-order valence-electron chi connectivity index (χ1n) is 13.4. The number of piperidine rings is 1. The van der Waals surface area contributed by atoms with Crippen molar-refractivity contribution in [3.05, 3.63) is 24.4 Å². The normalized spacial score (nSPS) is 24.2. The highest BCUT2D eigenvalue weighted by atomic mass is 19.3. The fourth-order valence-corrected chi connectivity index (χ4v) is 5.44. The van der Waals surface area contributed by atoms with E-state index < -0.39 is 19.1 Å². The van der Waals surface area contributed by atoms with E-state index in [1.54, 1.807) is 11.6 Å². The molecule has 39 heavy (non-hydrogen) atoms. The topological polar surface area (TPSA) is 98.1 Å². The van der Waals surface area contributed by atoms with Gasteiger partial charge in [-0.1, -0.05) is 0 Å². The maximum atomic E-state index is 15.1. The highest BCUT2D eigenvalue weighted by Crippen LogP contribution is 2.37. The number of halogens is 3. The summed E-state index contributed by atoms with van der Waals surface area (Å²) in [6.45, 7) is 2.04. The number of fused-ring (bicyclic) bond motifs is 2. The average molecular weight is 545 g/mol. The third-order valence-corrected chi connectivity index (χ3v) is 7.80. The lowest BCUT2D eigenvalue weighted by atomic mass is 10.0. The number of likely N-dealkylation sites (tertiary alicyclic amines) is 1. The van der Waals surface area contributed by atoms with Crippen LogP contribution in [0.4, 0.5) is 36.4 Å². The van der Waals surface area contributed by atoms with Gasteiger partial charge in [0, 0.05) is 37.9 Å². The summed E-state index contributed by atoms with van der Waals surface area (Å²) in [5.41, 5.74) is 5.83. The second kappa shape index (κ2) is 9.68. The molecule has 11 nitrogen and oxygen atoms in total. The molecule has 1 aliphatic carbocycles. The monoisotopic (exact) mass is 544 g/mol. The molecule has 2 atom stereocenters. The van der Waals surface area contributed by atoms with E-state index in [1.807, 2.05) is 24.4 Å². The van der Waals surface area contributed by atoms with Crippen LogP contribution in [0.3, 0.4) is 0 Å². The SMILES string of the molecule is CN1Nc2ccc(-c3ccn4nc(N[C@H]5CCN(C6COC6)C[C@H]5F)nc(NC5CC5)c34)nc2N1CC(F)F. The Morgan fingerprint density at radius 1 is 1.13 bits per heavy atom. The van der Waals surface area contributed by atoms with E-state index in [2.05, 4.69) is 26.1 Å². The highest BCUT2D eigenvalue weighted by molar-refractivity contribution is 5.89. The van der Waals surface area contributed by atoms with Crippen LogP contribution in [-0.2, 0) is 4.74 Å². The molecule has 4 aliphatic rings. The number of alkyl halides is 3. The second-order valence-electron chi connectivity index (χ2n) is 10.6. The Morgan fingerprint density at radius 2 is 1.97 bits per heavy atom. The van der Waals surface area contributed by atoms with Crippen LogP contribution in [0, 0.1) is 0 Å². The van der Waals surface area contributed by atoms with Crippen molar-refractivity contribution in [2.24, 2.45) is 0 Å². The molecule has 3 N–H and O–H groups in total. The lowest BCUT2D eigenvalue weighted by Gasteiger charge is -2.42. The summed E-state index contributed by atoms with van der Waals surface area (Å²) in [5, 5.41) is 14.3. The first kappa shape index (κ1) is 24.7. The molecule has 0 unspecified atom stereocenters. The number of nitrogens with zero attached hydrogens (tertiary/aromatic N) is 7. The molecule has 2 saturated heterocycles. The van der Waals surface area contributed by atoms with Gasteiger partial charge in [-0.05, 0) is 37.5 Å². The fourth-order valence-electron chi connectivity index (χ4n) is 5.44. The first-order valence-corrected chi connectivity index (χ1v) is 13.4. The third-order valence-electron chi connectivity index (χ3n) is 7.80. The van der Waals surface area contributed by atoms with Gasteiger partial charge >= 0.3 is 0 Å². The van der Waals surface area contributed by atoms with Gasteiger partial charge in [-0.25, -0.2) is 22.7 Å². The standard InChI is InChI=1S/C25H31F3N10O/c1-35-33-20-5-4-18(30-24(20)38(35)11-21(27)28)16-6-9-37-22(16)23(29-14-2-3-14)32-25(34-37)31-19-7-8-36(10-17(19)26)15-12-39-13-15/h4-6,9,14-15,17,19,21,33H,2-3,7-8,10-13H2,1H3,(H2,29,31,32,34)/t17-,19+/m1/s1. The van der Waals surface area contributed by atoms with Gasteiger partial charge in [0.1, 0.15) is 11.7 Å². The van der Waals surface area contributed by atoms with Crippen molar-refractivity contribution >= 4 is 28.8 Å². The first-order chi connectivity index (χ1) is 18.9. The number of nitrogens with one attached hydrogen (secondary N) is 3. The number of hydrogen-bond acceptors (Lipinski definition) is 10. The Labute approximate surface area is 223 Å². The Bertz CT molecular complexity index is 1360. The zero-order valence-corrected chi connectivity index (χ0v) is 21.5. The molecule has 3 aromatic heterocycles. The van der Waals surface area contributed by atoms with E-state index in [0.717, 1.165) is 30.5 Å². The lowest BCUT2D eigenvalue weighted by Crippen LogP contribution is -2.57. The third kappa shape index (κ3) is 4.70. The molecular formula is C25H31F3N10O. The number of hydrogen-bond donors (Lipinski definition) is 3. The van der Waals surface area contributed by atoms with E-state index in [4.69, 9.17) is 14.7 Å². The van der Waals surface area contributed by atoms with Crippen molar-refractivity contribution in [1.29, 1.82) is 0 Å². The van der Waals surface area contributed by atoms with Crippen molar-refractivity contribution in [1.82, 2.24) is 29.6 Å². The van der Waals surface area contributed by atoms with E-state index in [-0.39, 0.29) is 6.04 Å². The van der Waals surface area contributed by atoms with Gasteiger partial charge < -0.3 is 15.4 Å². The molecule has 0 bridgehead atoms. The molecule has 3 aromatic rings. The lowest BCUT2D eigenvalue weighted by molar-refractivity contribution is -0.0794. The molecule has 3 fully saturated rings. The predicted molar refractivity (Wildman–Crippen MR) is 141 cm³/mol. The zero-order valence-electron chi connectivity index (χ0n) is 21.5. The van der Waals surface area contributed by atoms with Gasteiger partial charge in [-0.2, -0.15) is 4.98 Å². The van der Waals surface area contributed by atoms with E-state index in [1.165, 1.54) is 10.1 Å². The van der Waals surface area contributed by atoms with Crippen molar-refractivity contribution in [3.63, 3.8) is 0 Å². The Balaban J connectivity index is 1.18. The van der Waals surface area contributed by atoms with Crippen LogP contribution in [0.2, 0.25) is 0 Å². The van der Waals surface area contributed by atoms with Crippen molar-refractivity contribution in [2.45, 2.75) is 50.0 Å². The molecular weight excluding hydrogens is 513 g/mol. The number of anilines is 4. The van der Waals surface area contributed by atoms with Crippen LogP contribution >= 0.6 is 0 Å². The van der Waals surface area contributed by atoms with Crippen LogP contribution < -0.4 is 21.1 Å². The molecule has 0 aromatic carbocycles. The Hall–Kier alpha value is -3.36. The molecule has 0 amide bonds. The highest BCUT2D eigenvalue weighted by Gasteiger charge is 2.36. The zero-order chi connectivity index (χ0) is 26.7. The smallest absolute Gasteiger partial charge is 0.257 e. The van der Waals surface area contributed by atoms with E-state index >= 15 is 4.39 Å². The number of rotatable bonds is 8. The average Bonchev–Trinajstić information content (AvgIpc) is 3.49. The summed E-state index contributed by atoms with van der Waals surface area (Å²) >= 11 is 0. The minimum Gasteiger partial charge on any atom is -0.378 e. The van der Waals surface area contributed by atoms with E-state index in [0.29, 0.717) is 67.2 Å². The summed E-state index contributed by atoms with van der Waals surface area (Å²) < 4.78 is 48.6. The van der Waals surface area contributed by atoms with Crippen molar-refractivity contribution < 1.29 is 17.9 Å². The van der Waals surface area contributed by atoms with Gasteiger partial charge in [0.05, 0.1) is 43.2 Å². The van der Waals surface area contributed by atoms with Crippen LogP contribution in [0.1, 0.15) is 19.3 Å². The number of pyridine rings is 1. The predicted octanol–water partition coefficient (Wildman–Crippen LogP) is 2.85. The molecule has 14 heteroatoms. The minimum absolute atomic E-state index is 0.313. The largest absolute Gasteiger partial charge is 0.378 e. The van der Waals surface area contributed by atoms with Gasteiger partial charge in [-0.15, -0.1) is 10.2 Å². The van der Waals surface area contributed by atoms with Crippen LogP contribution in [0.25, 0.3) is 16.8 Å². The van der Waals surface area contributed by atoms with Gasteiger partial charge in [0.2, 0.25) is 5.95 Å². The fraction of sp³-hybridized carbons (Fsp3) is 0.560. The summed E-state index contributed by atoms with van der Waals surface area (Å²) in [7, 11) is 1.67. The number of aromatic nitrogens is 4. The molecule has 0 spiro atoms. The summed E-state index contributed by atoms with van der Waals surface area (Å²) in [5.74, 6) is 1.42. The van der Waals surface area contributed by atoms with Crippen LogP contribution in [-0.4, -0.2) is 100 Å². The van der Waals surface area contributed by atoms with E-state index in [9.17, 15) is 8.78 Å². The van der Waals surface area contributed by atoms with Gasteiger partial charge in [0.25, 0.3) is 6.43 Å². The second-order valence-corrected chi connectivity index (χ2v) is 10.6. The Kier molecular flexibility index (Phi) is 6.12. The van der Waals surface area contributed by atoms with Gasteiger partial charge in [0.15, 0.2) is 11.6 Å². The molecule has 3 aliphatic heterocycles. The number of hydrazine groups is 2. The van der Waals surface area contributed by atoms with Gasteiger partial charge in [-0.3, -0.25) is 15.3 Å². The minimum atomic E-state index is -2.52. The van der Waals surface area contributed by atoms with Crippen LogP contribution in [0.5, 0.6) is 0 Å². The molecule has 1 saturated carbocycles. The molecule has 0 radical (unpaired) electrons. The van der Waals surface area contributed by atoms with Crippen molar-refractivity contribution in [3.8, 4) is 11.3 Å². The summed E-state index contributed by atoms with van der Waals surface area (Å²) in [6.07, 6.45) is 0.997. The maximum absolute atomic E-state index is 15.1. The Morgan fingerprint density at radius 3 is 2.69 bits per heavy atom. The molecule has 6 heterocycles. The molecule has 7 rings (SSSR count). The van der Waals surface area contributed by atoms with Crippen LogP contribution in [0.15, 0.2) is 24.4 Å². The number of ether oxygens (including phenoxy) is 1. The molecule has 208 valence electrons. The van der Waals surface area contributed by atoms with Crippen molar-refractivity contribution in [2.75, 3.05) is 61.0 Å².